The van der Waals surface area contributed by atoms with Crippen LogP contribution in [0.2, 0.25) is 0 Å². The Morgan fingerprint density at radius 3 is 2.67 bits per heavy atom. The summed E-state index contributed by atoms with van der Waals surface area (Å²) in [6.45, 7) is 8.17. The minimum Gasteiger partial charge on any atom is -0.300 e. The maximum absolute atomic E-state index is 11.3. The number of ketones is 1. The van der Waals surface area contributed by atoms with E-state index < -0.39 is 0 Å². The van der Waals surface area contributed by atoms with Gasteiger partial charge in [0.1, 0.15) is 5.78 Å². The molecule has 0 aromatic carbocycles. The molecule has 0 heterocycles. The Bertz CT molecular complexity index is 292. The maximum Gasteiger partial charge on any atom is 0.133 e. The molecule has 0 aromatic rings. The molecule has 0 amide bonds. The fourth-order valence-corrected chi connectivity index (χ4v) is 2.11. The van der Waals surface area contributed by atoms with E-state index in [0.717, 1.165) is 19.3 Å². The first kappa shape index (κ1) is 12.2. The van der Waals surface area contributed by atoms with Gasteiger partial charge in [0.15, 0.2) is 0 Å². The molecule has 0 aliphatic heterocycles. The summed E-state index contributed by atoms with van der Waals surface area (Å²) in [6.07, 6.45) is 7.62. The number of carbonyl (C=O) groups is 1. The molecule has 15 heavy (non-hydrogen) atoms. The first-order valence-electron chi connectivity index (χ1n) is 5.81. The molecule has 84 valence electrons. The molecule has 1 nitrogen and oxygen atoms in total. The Hall–Kier alpha value is -0.850. The topological polar surface area (TPSA) is 17.1 Å². The van der Waals surface area contributed by atoms with Gasteiger partial charge >= 0.3 is 0 Å². The first-order chi connectivity index (χ1) is 7.00. The van der Waals surface area contributed by atoms with E-state index in [9.17, 15) is 4.79 Å². The van der Waals surface area contributed by atoms with Crippen LogP contribution in [0.1, 0.15) is 47.0 Å². The normalized spacial score (nSPS) is 25.7. The molecule has 0 saturated heterocycles. The zero-order valence-corrected chi connectivity index (χ0v) is 10.3. The molecule has 0 fully saturated rings. The Kier molecular flexibility index (Phi) is 4.31. The smallest absolute Gasteiger partial charge is 0.133 e. The van der Waals surface area contributed by atoms with Crippen molar-refractivity contribution in [2.45, 2.75) is 47.0 Å². The first-order valence-corrected chi connectivity index (χ1v) is 5.81. The monoisotopic (exact) mass is 206 g/mol. The molecular weight excluding hydrogens is 184 g/mol. The maximum atomic E-state index is 11.3. The van der Waals surface area contributed by atoms with E-state index in [1.807, 2.05) is 0 Å². The number of hydrogen-bond donors (Lipinski definition) is 0. The molecule has 2 atom stereocenters. The molecule has 0 unspecified atom stereocenters. The lowest BCUT2D eigenvalue weighted by Gasteiger charge is -2.26. The molecule has 1 rings (SSSR count). The van der Waals surface area contributed by atoms with Gasteiger partial charge in [-0.2, -0.15) is 0 Å². The van der Waals surface area contributed by atoms with Gasteiger partial charge in [0.25, 0.3) is 0 Å². The van der Waals surface area contributed by atoms with Crippen molar-refractivity contribution >= 4 is 5.78 Å². The van der Waals surface area contributed by atoms with E-state index in [2.05, 4.69) is 32.9 Å². The molecule has 0 aromatic heterocycles. The number of allylic oxidation sites excluding steroid dienone is 4. The molecule has 1 aliphatic rings. The summed E-state index contributed by atoms with van der Waals surface area (Å²) in [5.74, 6) is 1.20. The lowest BCUT2D eigenvalue weighted by Crippen LogP contribution is -2.20. The lowest BCUT2D eigenvalue weighted by atomic mass is 9.78. The summed E-state index contributed by atoms with van der Waals surface area (Å²) in [6, 6.07) is 0. The minimum absolute atomic E-state index is 0.268. The highest BCUT2D eigenvalue weighted by molar-refractivity contribution is 5.78. The van der Waals surface area contributed by atoms with E-state index in [4.69, 9.17) is 0 Å². The molecule has 0 N–H and O–H groups in total. The van der Waals surface area contributed by atoms with E-state index >= 15 is 0 Å². The molecule has 0 radical (unpaired) electrons. The second-order valence-electron chi connectivity index (χ2n) is 4.94. The van der Waals surface area contributed by atoms with Crippen LogP contribution in [0.4, 0.5) is 0 Å². The highest BCUT2D eigenvalue weighted by Gasteiger charge is 2.23. The summed E-state index contributed by atoms with van der Waals surface area (Å²) in [5.41, 5.74) is 2.83. The Labute approximate surface area is 93.3 Å². The Morgan fingerprint density at radius 1 is 1.47 bits per heavy atom. The van der Waals surface area contributed by atoms with Crippen molar-refractivity contribution < 1.29 is 4.79 Å². The van der Waals surface area contributed by atoms with Gasteiger partial charge in [-0.05, 0) is 52.9 Å². The van der Waals surface area contributed by atoms with E-state index in [0.29, 0.717) is 11.7 Å². The third-order valence-corrected chi connectivity index (χ3v) is 3.32. The van der Waals surface area contributed by atoms with E-state index in [1.165, 1.54) is 11.1 Å². The third-order valence-electron chi connectivity index (χ3n) is 3.32. The van der Waals surface area contributed by atoms with Crippen molar-refractivity contribution in [3.05, 3.63) is 23.3 Å². The van der Waals surface area contributed by atoms with Gasteiger partial charge in [-0.1, -0.05) is 23.3 Å². The van der Waals surface area contributed by atoms with Crippen molar-refractivity contribution in [2.75, 3.05) is 0 Å². The summed E-state index contributed by atoms with van der Waals surface area (Å²) >= 11 is 0. The summed E-state index contributed by atoms with van der Waals surface area (Å²) in [7, 11) is 0. The van der Waals surface area contributed by atoms with Gasteiger partial charge in [0.05, 0.1) is 0 Å². The van der Waals surface area contributed by atoms with Gasteiger partial charge in [-0.3, -0.25) is 4.79 Å². The fourth-order valence-electron chi connectivity index (χ4n) is 2.11. The zero-order valence-electron chi connectivity index (χ0n) is 10.3. The molecule has 0 saturated carbocycles. The summed E-state index contributed by atoms with van der Waals surface area (Å²) in [5, 5.41) is 0. The summed E-state index contributed by atoms with van der Waals surface area (Å²) < 4.78 is 0. The van der Waals surface area contributed by atoms with Crippen LogP contribution in [0.15, 0.2) is 23.3 Å². The largest absolute Gasteiger partial charge is 0.300 e. The molecule has 1 aliphatic carbocycles. The zero-order chi connectivity index (χ0) is 11.4. The molecular formula is C14H22O. The second-order valence-corrected chi connectivity index (χ2v) is 4.94. The number of carbonyl (C=O) groups excluding carboxylic acids is 1. The lowest BCUT2D eigenvalue weighted by molar-refractivity contribution is -0.121. The standard InChI is InChI=1S/C14H22O/c1-10(2)5-7-13-9-14(12(4)15)8-6-11(13)3/h5-6,13-14H,7-9H2,1-4H3/t13-,14+/m0/s1. The van der Waals surface area contributed by atoms with Crippen molar-refractivity contribution in [3.8, 4) is 0 Å². The predicted octanol–water partition coefficient (Wildman–Crippen LogP) is 3.90. The van der Waals surface area contributed by atoms with Crippen molar-refractivity contribution in [1.29, 1.82) is 0 Å². The SMILES string of the molecule is CC(=O)[C@@H]1CC=C(C)[C@@H](CC=C(C)C)C1. The number of rotatable bonds is 3. The van der Waals surface area contributed by atoms with Crippen LogP contribution in [0, 0.1) is 11.8 Å². The highest BCUT2D eigenvalue weighted by Crippen LogP contribution is 2.32. The van der Waals surface area contributed by atoms with Gasteiger partial charge < -0.3 is 0 Å². The van der Waals surface area contributed by atoms with Gasteiger partial charge in [0.2, 0.25) is 0 Å². The Balaban J connectivity index is 2.64. The Morgan fingerprint density at radius 2 is 2.13 bits per heavy atom. The number of Topliss-reactive ketones (excluding diaryl/α,β-unsaturated/α-hetero) is 1. The van der Waals surface area contributed by atoms with Crippen LogP contribution in [0.5, 0.6) is 0 Å². The average molecular weight is 206 g/mol. The minimum atomic E-state index is 0.268. The fraction of sp³-hybridized carbons (Fsp3) is 0.643. The van der Waals surface area contributed by atoms with Crippen LogP contribution in [-0.4, -0.2) is 5.78 Å². The van der Waals surface area contributed by atoms with Crippen LogP contribution >= 0.6 is 0 Å². The third kappa shape index (κ3) is 3.65. The highest BCUT2D eigenvalue weighted by atomic mass is 16.1. The average Bonchev–Trinajstić information content (AvgIpc) is 2.16. The van der Waals surface area contributed by atoms with Crippen LogP contribution in [0.25, 0.3) is 0 Å². The van der Waals surface area contributed by atoms with Crippen LogP contribution in [0.3, 0.4) is 0 Å². The quantitative estimate of drug-likeness (QED) is 0.640. The number of hydrogen-bond acceptors (Lipinski definition) is 1. The van der Waals surface area contributed by atoms with Crippen molar-refractivity contribution in [2.24, 2.45) is 11.8 Å². The van der Waals surface area contributed by atoms with Gasteiger partial charge in [-0.25, -0.2) is 0 Å². The van der Waals surface area contributed by atoms with Crippen molar-refractivity contribution in [3.63, 3.8) is 0 Å². The summed E-state index contributed by atoms with van der Waals surface area (Å²) in [4.78, 5) is 11.3. The van der Waals surface area contributed by atoms with E-state index in [1.54, 1.807) is 6.92 Å². The van der Waals surface area contributed by atoms with E-state index in [-0.39, 0.29) is 5.92 Å². The van der Waals surface area contributed by atoms with Crippen LogP contribution < -0.4 is 0 Å². The van der Waals surface area contributed by atoms with Crippen LogP contribution in [-0.2, 0) is 4.79 Å². The molecule has 0 spiro atoms. The van der Waals surface area contributed by atoms with Gasteiger partial charge in [-0.15, -0.1) is 0 Å². The van der Waals surface area contributed by atoms with Crippen molar-refractivity contribution in [1.82, 2.24) is 0 Å². The van der Waals surface area contributed by atoms with Gasteiger partial charge in [0, 0.05) is 5.92 Å². The predicted molar refractivity (Wildman–Crippen MR) is 64.7 cm³/mol. The molecule has 1 heteroatoms. The second kappa shape index (κ2) is 5.29. The molecule has 0 bridgehead atoms.